The van der Waals surface area contributed by atoms with Gasteiger partial charge in [-0.3, -0.25) is 0 Å². The molecule has 0 aliphatic heterocycles. The zero-order valence-electron chi connectivity index (χ0n) is 33.4. The zero-order valence-corrected chi connectivity index (χ0v) is 34.3. The predicted molar refractivity (Wildman–Crippen MR) is 259 cm³/mol. The van der Waals surface area contributed by atoms with E-state index in [1.807, 2.05) is 60.7 Å². The Labute approximate surface area is 355 Å². The normalized spacial score (nSPS) is 13.1. The third kappa shape index (κ3) is 5.24. The Balaban J connectivity index is 1.16. The van der Waals surface area contributed by atoms with E-state index in [1.165, 1.54) is 70.9 Å². The van der Waals surface area contributed by atoms with E-state index in [2.05, 4.69) is 176 Å². The molecule has 0 bridgehead atoms. The lowest BCUT2D eigenvalue weighted by molar-refractivity contribution is 0.592. The monoisotopic (exact) mass is 794 g/mol. The molecule has 0 unspecified atom stereocenters. The first kappa shape index (κ1) is 35.6. The van der Waals surface area contributed by atoms with Gasteiger partial charge in [-0.15, -0.1) is 0 Å². The molecular formula is C59H39OP. The Kier molecular flexibility index (Phi) is 8.11. The quantitative estimate of drug-likeness (QED) is 0.121. The van der Waals surface area contributed by atoms with Gasteiger partial charge in [-0.2, -0.15) is 0 Å². The van der Waals surface area contributed by atoms with E-state index in [0.29, 0.717) is 0 Å². The lowest BCUT2D eigenvalue weighted by atomic mass is 9.67. The maximum Gasteiger partial charge on any atom is 0.171 e. The van der Waals surface area contributed by atoms with E-state index in [1.54, 1.807) is 0 Å². The van der Waals surface area contributed by atoms with Crippen molar-refractivity contribution in [3.8, 4) is 22.3 Å². The van der Waals surface area contributed by atoms with Crippen molar-refractivity contribution in [2.45, 2.75) is 5.41 Å². The van der Waals surface area contributed by atoms with Crippen LogP contribution in [0.2, 0.25) is 0 Å². The number of hydrogen-bond donors (Lipinski definition) is 0. The Hall–Kier alpha value is -7.31. The van der Waals surface area contributed by atoms with Gasteiger partial charge in [0.15, 0.2) is 7.14 Å². The lowest BCUT2D eigenvalue weighted by Gasteiger charge is -2.34. The summed E-state index contributed by atoms with van der Waals surface area (Å²) in [6.07, 6.45) is 0. The second kappa shape index (κ2) is 13.9. The van der Waals surface area contributed by atoms with Crippen molar-refractivity contribution in [3.05, 3.63) is 259 Å². The van der Waals surface area contributed by atoms with Gasteiger partial charge in [0.1, 0.15) is 0 Å². The Morgan fingerprint density at radius 2 is 0.754 bits per heavy atom. The second-order valence-corrected chi connectivity index (χ2v) is 19.0. The van der Waals surface area contributed by atoms with Crippen LogP contribution in [0.3, 0.4) is 0 Å². The zero-order chi connectivity index (χ0) is 40.5. The Bertz CT molecular complexity index is 3460. The van der Waals surface area contributed by atoms with Gasteiger partial charge in [-0.25, -0.2) is 0 Å². The lowest BCUT2D eigenvalue weighted by Crippen LogP contribution is -2.31. The maximum atomic E-state index is 16.0. The molecule has 0 aromatic heterocycles. The van der Waals surface area contributed by atoms with Crippen molar-refractivity contribution in [2.75, 3.05) is 0 Å². The molecule has 11 aromatic rings. The van der Waals surface area contributed by atoms with E-state index >= 15 is 4.57 Å². The van der Waals surface area contributed by atoms with E-state index < -0.39 is 12.6 Å². The van der Waals surface area contributed by atoms with Crippen LogP contribution in [0.1, 0.15) is 22.3 Å². The molecule has 1 nitrogen and oxygen atoms in total. The van der Waals surface area contributed by atoms with Crippen LogP contribution in [0, 0.1) is 0 Å². The standard InChI is InChI=1S/C59H39OP/c60-61(44-22-9-3-10-23-44,45-24-11-4-12-25-45)46-31-34-54-53-33-30-41(37-57(53)59(58(54)38-46,42-18-5-1-6-19-42)43-20-7-2-8-21-43)55-39-56-51-32-29-40-17-13-14-26-47(40)50(51)35-36-52(56)48-27-15-16-28-49(48)55/h1-39H. The first-order chi connectivity index (χ1) is 30.1. The summed E-state index contributed by atoms with van der Waals surface area (Å²) in [6, 6.07) is 84.8. The minimum Gasteiger partial charge on any atom is -0.309 e. The molecule has 0 amide bonds. The smallest absolute Gasteiger partial charge is 0.171 e. The van der Waals surface area contributed by atoms with E-state index in [0.717, 1.165) is 32.6 Å². The molecule has 286 valence electrons. The van der Waals surface area contributed by atoms with Gasteiger partial charge in [-0.05, 0) is 106 Å². The average molecular weight is 795 g/mol. The van der Waals surface area contributed by atoms with Crippen molar-refractivity contribution in [2.24, 2.45) is 0 Å². The van der Waals surface area contributed by atoms with Crippen LogP contribution in [0.25, 0.3) is 65.3 Å². The van der Waals surface area contributed by atoms with Gasteiger partial charge >= 0.3 is 0 Å². The van der Waals surface area contributed by atoms with Crippen molar-refractivity contribution in [1.82, 2.24) is 0 Å². The largest absolute Gasteiger partial charge is 0.309 e. The fourth-order valence-corrected chi connectivity index (χ4v) is 13.2. The molecule has 0 fully saturated rings. The van der Waals surface area contributed by atoms with Gasteiger partial charge in [0, 0.05) is 15.9 Å². The van der Waals surface area contributed by atoms with Crippen molar-refractivity contribution in [1.29, 1.82) is 0 Å². The van der Waals surface area contributed by atoms with Gasteiger partial charge in [0.2, 0.25) is 0 Å². The highest BCUT2D eigenvalue weighted by Gasteiger charge is 2.47. The first-order valence-corrected chi connectivity index (χ1v) is 22.7. The molecule has 0 atom stereocenters. The van der Waals surface area contributed by atoms with Crippen LogP contribution in [0.4, 0.5) is 0 Å². The summed E-state index contributed by atoms with van der Waals surface area (Å²) in [5.74, 6) is 0. The van der Waals surface area contributed by atoms with Crippen LogP contribution < -0.4 is 15.9 Å². The van der Waals surface area contributed by atoms with Crippen LogP contribution in [-0.4, -0.2) is 0 Å². The number of fused-ring (bicyclic) bond motifs is 10. The third-order valence-corrected chi connectivity index (χ3v) is 16.3. The average Bonchev–Trinajstić information content (AvgIpc) is 3.64. The Morgan fingerprint density at radius 3 is 1.38 bits per heavy atom. The van der Waals surface area contributed by atoms with Gasteiger partial charge in [0.05, 0.1) is 5.41 Å². The van der Waals surface area contributed by atoms with Crippen molar-refractivity contribution >= 4 is 66.1 Å². The molecule has 1 aliphatic rings. The minimum absolute atomic E-state index is 0.699. The van der Waals surface area contributed by atoms with Crippen LogP contribution in [0.15, 0.2) is 237 Å². The molecule has 0 heterocycles. The van der Waals surface area contributed by atoms with E-state index in [9.17, 15) is 0 Å². The molecule has 2 heteroatoms. The molecule has 0 N–H and O–H groups in total. The topological polar surface area (TPSA) is 17.1 Å². The molecule has 61 heavy (non-hydrogen) atoms. The van der Waals surface area contributed by atoms with Crippen molar-refractivity contribution in [3.63, 3.8) is 0 Å². The highest BCUT2D eigenvalue weighted by molar-refractivity contribution is 7.85. The fourth-order valence-electron chi connectivity index (χ4n) is 10.5. The highest BCUT2D eigenvalue weighted by Crippen LogP contribution is 2.58. The molecule has 11 aromatic carbocycles. The van der Waals surface area contributed by atoms with Gasteiger partial charge < -0.3 is 4.57 Å². The van der Waals surface area contributed by atoms with Crippen molar-refractivity contribution < 1.29 is 4.57 Å². The van der Waals surface area contributed by atoms with Crippen LogP contribution in [0.5, 0.6) is 0 Å². The number of hydrogen-bond acceptors (Lipinski definition) is 1. The molecule has 0 radical (unpaired) electrons. The summed E-state index contributed by atoms with van der Waals surface area (Å²) in [5.41, 5.74) is 8.72. The third-order valence-electron chi connectivity index (χ3n) is 13.2. The summed E-state index contributed by atoms with van der Waals surface area (Å²) in [4.78, 5) is 0. The number of rotatable bonds is 6. The van der Waals surface area contributed by atoms with E-state index in [-0.39, 0.29) is 0 Å². The SMILES string of the molecule is O=P(c1ccccc1)(c1ccccc1)c1ccc2c(c1)C(c1ccccc1)(c1ccccc1)c1cc(-c3cc4c(ccc5c6ccccc6ccc54)c4ccccc34)ccc1-2. The summed E-state index contributed by atoms with van der Waals surface area (Å²) >= 11 is 0. The van der Waals surface area contributed by atoms with Crippen LogP contribution in [-0.2, 0) is 9.98 Å². The Morgan fingerprint density at radius 1 is 0.295 bits per heavy atom. The van der Waals surface area contributed by atoms with Gasteiger partial charge in [0.25, 0.3) is 0 Å². The maximum absolute atomic E-state index is 16.0. The molecule has 0 spiro atoms. The first-order valence-electron chi connectivity index (χ1n) is 21.0. The van der Waals surface area contributed by atoms with Crippen LogP contribution >= 0.6 is 7.14 Å². The molecule has 12 rings (SSSR count). The minimum atomic E-state index is -3.29. The predicted octanol–water partition coefficient (Wildman–Crippen LogP) is 14.0. The summed E-state index contributed by atoms with van der Waals surface area (Å²) < 4.78 is 16.0. The fraction of sp³-hybridized carbons (Fsp3) is 0.0169. The molecule has 0 saturated carbocycles. The highest BCUT2D eigenvalue weighted by atomic mass is 31.2. The molecular weight excluding hydrogens is 756 g/mol. The van der Waals surface area contributed by atoms with Gasteiger partial charge in [-0.1, -0.05) is 218 Å². The number of benzene rings is 11. The molecule has 1 aliphatic carbocycles. The molecule has 0 saturated heterocycles. The summed E-state index contributed by atoms with van der Waals surface area (Å²) in [6.45, 7) is 0. The summed E-state index contributed by atoms with van der Waals surface area (Å²) in [5, 5.41) is 12.5. The summed E-state index contributed by atoms with van der Waals surface area (Å²) in [7, 11) is -3.29. The second-order valence-electron chi connectivity index (χ2n) is 16.3. The van der Waals surface area contributed by atoms with E-state index in [4.69, 9.17) is 0 Å².